The number of nitrogens with one attached hydrogen (secondary N) is 1. The van der Waals surface area contributed by atoms with E-state index >= 15 is 0 Å². The lowest BCUT2D eigenvalue weighted by Crippen LogP contribution is -2.34. The van der Waals surface area contributed by atoms with Crippen LogP contribution < -0.4 is 14.8 Å². The van der Waals surface area contributed by atoms with Crippen molar-refractivity contribution < 1.29 is 24.2 Å². The van der Waals surface area contributed by atoms with Gasteiger partial charge in [0.25, 0.3) is 0 Å². The van der Waals surface area contributed by atoms with Crippen LogP contribution in [-0.2, 0) is 9.59 Å². The number of rotatable bonds is 3. The molecule has 0 saturated carbocycles. The Balaban J connectivity index is 1.79. The largest absolute Gasteiger partial charge is 0.481 e. The standard InChI is InChI=1S/C16H17NO5/c1-9-6-13-14(22-8-21-13)7-12(9)17-15(18)10-4-2-3-5-11(10)16(19)20/h2-3,6-7,10-11H,4-5,8H2,1H3,(H,17,18)(H,19,20)/t10-,11+/m0/s1. The molecule has 6 heteroatoms. The lowest BCUT2D eigenvalue weighted by Gasteiger charge is -2.24. The summed E-state index contributed by atoms with van der Waals surface area (Å²) in [6.07, 6.45) is 4.49. The molecule has 0 spiro atoms. The summed E-state index contributed by atoms with van der Waals surface area (Å²) in [7, 11) is 0. The molecule has 1 aliphatic carbocycles. The van der Waals surface area contributed by atoms with Crippen LogP contribution in [0.3, 0.4) is 0 Å². The summed E-state index contributed by atoms with van der Waals surface area (Å²) in [6, 6.07) is 3.51. The number of carboxylic acids is 1. The van der Waals surface area contributed by atoms with E-state index in [9.17, 15) is 14.7 Å². The van der Waals surface area contributed by atoms with Crippen molar-refractivity contribution in [3.05, 3.63) is 29.8 Å². The Labute approximate surface area is 127 Å². The van der Waals surface area contributed by atoms with E-state index < -0.39 is 17.8 Å². The minimum Gasteiger partial charge on any atom is -0.481 e. The summed E-state index contributed by atoms with van der Waals surface area (Å²) >= 11 is 0. The van der Waals surface area contributed by atoms with Gasteiger partial charge in [-0.1, -0.05) is 12.2 Å². The number of aryl methyl sites for hydroxylation is 1. The fraction of sp³-hybridized carbons (Fsp3) is 0.375. The van der Waals surface area contributed by atoms with Crippen LogP contribution in [-0.4, -0.2) is 23.8 Å². The third-order valence-corrected chi connectivity index (χ3v) is 4.06. The van der Waals surface area contributed by atoms with Gasteiger partial charge in [0.2, 0.25) is 12.7 Å². The SMILES string of the molecule is Cc1cc2c(cc1NC(=O)[C@H]1CC=CC[C@H]1C(=O)O)OCO2. The van der Waals surface area contributed by atoms with E-state index in [4.69, 9.17) is 9.47 Å². The number of hydrogen-bond acceptors (Lipinski definition) is 4. The number of carboxylic acid groups (broad SMARTS) is 1. The summed E-state index contributed by atoms with van der Waals surface area (Å²) in [4.78, 5) is 23.7. The molecular formula is C16H17NO5. The van der Waals surface area contributed by atoms with E-state index in [1.165, 1.54) is 0 Å². The number of ether oxygens (including phenoxy) is 2. The third kappa shape index (κ3) is 2.64. The second kappa shape index (κ2) is 5.71. The van der Waals surface area contributed by atoms with Crippen molar-refractivity contribution >= 4 is 17.6 Å². The minimum atomic E-state index is -0.938. The summed E-state index contributed by atoms with van der Waals surface area (Å²) < 4.78 is 10.6. The molecule has 0 saturated heterocycles. The van der Waals surface area contributed by atoms with Crippen LogP contribution in [0.4, 0.5) is 5.69 Å². The van der Waals surface area contributed by atoms with Gasteiger partial charge in [0, 0.05) is 11.8 Å². The summed E-state index contributed by atoms with van der Waals surface area (Å²) in [5.41, 5.74) is 1.46. The Hall–Kier alpha value is -2.50. The number of allylic oxidation sites excluding steroid dienone is 2. The molecular weight excluding hydrogens is 286 g/mol. The predicted molar refractivity (Wildman–Crippen MR) is 78.9 cm³/mol. The number of aliphatic carboxylic acids is 1. The Morgan fingerprint density at radius 2 is 1.77 bits per heavy atom. The van der Waals surface area contributed by atoms with Crippen molar-refractivity contribution in [2.24, 2.45) is 11.8 Å². The lowest BCUT2D eigenvalue weighted by molar-refractivity contribution is -0.146. The first kappa shape index (κ1) is 14.4. The molecule has 0 bridgehead atoms. The highest BCUT2D eigenvalue weighted by atomic mass is 16.7. The zero-order chi connectivity index (χ0) is 15.7. The van der Waals surface area contributed by atoms with Crippen molar-refractivity contribution in [3.8, 4) is 11.5 Å². The molecule has 0 fully saturated rings. The molecule has 116 valence electrons. The molecule has 0 aromatic heterocycles. The topological polar surface area (TPSA) is 84.9 Å². The summed E-state index contributed by atoms with van der Waals surface area (Å²) in [5, 5.41) is 12.1. The van der Waals surface area contributed by atoms with Gasteiger partial charge in [0.15, 0.2) is 11.5 Å². The van der Waals surface area contributed by atoms with Gasteiger partial charge >= 0.3 is 5.97 Å². The first-order valence-electron chi connectivity index (χ1n) is 7.15. The monoisotopic (exact) mass is 303 g/mol. The van der Waals surface area contributed by atoms with Crippen molar-refractivity contribution in [1.82, 2.24) is 0 Å². The molecule has 22 heavy (non-hydrogen) atoms. The van der Waals surface area contributed by atoms with Crippen molar-refractivity contribution in [2.75, 3.05) is 12.1 Å². The van der Waals surface area contributed by atoms with Gasteiger partial charge in [-0.3, -0.25) is 9.59 Å². The van der Waals surface area contributed by atoms with Crippen LogP contribution >= 0.6 is 0 Å². The average Bonchev–Trinajstić information content (AvgIpc) is 2.94. The highest BCUT2D eigenvalue weighted by molar-refractivity contribution is 5.96. The van der Waals surface area contributed by atoms with Crippen LogP contribution in [0.1, 0.15) is 18.4 Å². The van der Waals surface area contributed by atoms with E-state index in [2.05, 4.69) is 5.32 Å². The van der Waals surface area contributed by atoms with Crippen LogP contribution in [0.5, 0.6) is 11.5 Å². The van der Waals surface area contributed by atoms with E-state index in [1.54, 1.807) is 12.1 Å². The molecule has 1 amide bonds. The maximum Gasteiger partial charge on any atom is 0.307 e. The van der Waals surface area contributed by atoms with E-state index in [1.807, 2.05) is 19.1 Å². The van der Waals surface area contributed by atoms with Gasteiger partial charge in [0.1, 0.15) is 0 Å². The normalized spacial score (nSPS) is 22.4. The molecule has 0 unspecified atom stereocenters. The second-order valence-corrected chi connectivity index (χ2v) is 5.50. The number of fused-ring (bicyclic) bond motifs is 1. The highest BCUT2D eigenvalue weighted by Gasteiger charge is 2.34. The second-order valence-electron chi connectivity index (χ2n) is 5.50. The Morgan fingerprint density at radius 1 is 1.14 bits per heavy atom. The third-order valence-electron chi connectivity index (χ3n) is 4.06. The highest BCUT2D eigenvalue weighted by Crippen LogP contribution is 2.37. The molecule has 2 aliphatic rings. The maximum absolute atomic E-state index is 12.5. The number of anilines is 1. The molecule has 2 atom stereocenters. The summed E-state index contributed by atoms with van der Waals surface area (Å²) in [5.74, 6) is -1.23. The van der Waals surface area contributed by atoms with E-state index in [0.717, 1.165) is 5.56 Å². The van der Waals surface area contributed by atoms with Gasteiger partial charge < -0.3 is 19.9 Å². The lowest BCUT2D eigenvalue weighted by atomic mass is 9.82. The van der Waals surface area contributed by atoms with E-state index in [-0.39, 0.29) is 12.7 Å². The molecule has 3 rings (SSSR count). The van der Waals surface area contributed by atoms with Gasteiger partial charge in [-0.2, -0.15) is 0 Å². The summed E-state index contributed by atoms with van der Waals surface area (Å²) in [6.45, 7) is 2.02. The van der Waals surface area contributed by atoms with Crippen molar-refractivity contribution in [2.45, 2.75) is 19.8 Å². The fourth-order valence-corrected chi connectivity index (χ4v) is 2.78. The van der Waals surface area contributed by atoms with Gasteiger partial charge in [-0.25, -0.2) is 0 Å². The van der Waals surface area contributed by atoms with Crippen LogP contribution in [0.25, 0.3) is 0 Å². The zero-order valence-corrected chi connectivity index (χ0v) is 12.2. The average molecular weight is 303 g/mol. The Kier molecular flexibility index (Phi) is 3.75. The number of hydrogen-bond donors (Lipinski definition) is 2. The van der Waals surface area contributed by atoms with Crippen molar-refractivity contribution in [3.63, 3.8) is 0 Å². The van der Waals surface area contributed by atoms with Gasteiger partial charge in [-0.05, 0) is 31.4 Å². The molecule has 1 aliphatic heterocycles. The molecule has 1 heterocycles. The van der Waals surface area contributed by atoms with Crippen molar-refractivity contribution in [1.29, 1.82) is 0 Å². The number of carbonyl (C=O) groups is 2. The van der Waals surface area contributed by atoms with Crippen LogP contribution in [0.2, 0.25) is 0 Å². The van der Waals surface area contributed by atoms with Gasteiger partial charge in [-0.15, -0.1) is 0 Å². The predicted octanol–water partition coefficient (Wildman–Crippen LogP) is 2.33. The first-order valence-corrected chi connectivity index (χ1v) is 7.15. The number of benzene rings is 1. The zero-order valence-electron chi connectivity index (χ0n) is 12.2. The molecule has 0 radical (unpaired) electrons. The molecule has 1 aromatic carbocycles. The van der Waals surface area contributed by atoms with Crippen LogP contribution in [0, 0.1) is 18.8 Å². The maximum atomic E-state index is 12.5. The minimum absolute atomic E-state index is 0.167. The quantitative estimate of drug-likeness (QED) is 0.837. The molecule has 6 nitrogen and oxygen atoms in total. The molecule has 2 N–H and O–H groups in total. The number of carbonyl (C=O) groups excluding carboxylic acids is 1. The Morgan fingerprint density at radius 3 is 2.45 bits per heavy atom. The fourth-order valence-electron chi connectivity index (χ4n) is 2.78. The van der Waals surface area contributed by atoms with Gasteiger partial charge in [0.05, 0.1) is 11.8 Å². The van der Waals surface area contributed by atoms with Crippen LogP contribution in [0.15, 0.2) is 24.3 Å². The number of amides is 1. The smallest absolute Gasteiger partial charge is 0.307 e. The molecule has 1 aromatic rings. The Bertz CT molecular complexity index is 652. The van der Waals surface area contributed by atoms with E-state index in [0.29, 0.717) is 30.0 Å². The first-order chi connectivity index (χ1) is 10.6.